The summed E-state index contributed by atoms with van der Waals surface area (Å²) in [5.74, 6) is -0.103. The maximum atomic E-state index is 12.7. The molecule has 1 aromatic carbocycles. The van der Waals surface area contributed by atoms with Gasteiger partial charge < -0.3 is 24.7 Å². The number of para-hydroxylation sites is 1. The Morgan fingerprint density at radius 3 is 2.74 bits per heavy atom. The van der Waals surface area contributed by atoms with Gasteiger partial charge in [0.15, 0.2) is 0 Å². The van der Waals surface area contributed by atoms with Crippen molar-refractivity contribution in [1.82, 2.24) is 25.2 Å². The van der Waals surface area contributed by atoms with E-state index in [1.165, 1.54) is 32.5 Å². The number of benzene rings is 1. The van der Waals surface area contributed by atoms with E-state index in [9.17, 15) is 19.2 Å². The lowest BCUT2D eigenvalue weighted by Gasteiger charge is -2.17. The van der Waals surface area contributed by atoms with Gasteiger partial charge in [0, 0.05) is 38.2 Å². The Labute approximate surface area is 200 Å². The van der Waals surface area contributed by atoms with Gasteiger partial charge in [-0.15, -0.1) is 0 Å². The lowest BCUT2D eigenvalue weighted by Crippen LogP contribution is -2.38. The van der Waals surface area contributed by atoms with E-state index in [4.69, 9.17) is 4.74 Å². The molecule has 0 radical (unpaired) electrons. The monoisotopic (exact) mass is 479 g/mol. The minimum atomic E-state index is -0.531. The van der Waals surface area contributed by atoms with Crippen molar-refractivity contribution in [1.29, 1.82) is 0 Å². The summed E-state index contributed by atoms with van der Waals surface area (Å²) in [6.07, 6.45) is 2.33. The highest BCUT2D eigenvalue weighted by molar-refractivity contribution is 5.94. The van der Waals surface area contributed by atoms with Crippen molar-refractivity contribution in [3.63, 3.8) is 0 Å². The Morgan fingerprint density at radius 1 is 1.20 bits per heavy atom. The van der Waals surface area contributed by atoms with E-state index in [0.29, 0.717) is 42.0 Å². The number of rotatable bonds is 7. The molecule has 11 heteroatoms. The molecule has 2 aromatic heterocycles. The molecule has 4 rings (SSSR count). The topological polar surface area (TPSA) is 144 Å². The fourth-order valence-corrected chi connectivity index (χ4v) is 3.98. The number of hydrogen-bond acceptors (Lipinski definition) is 8. The van der Waals surface area contributed by atoms with Crippen molar-refractivity contribution in [2.75, 3.05) is 27.3 Å². The van der Waals surface area contributed by atoms with E-state index in [1.807, 2.05) is 0 Å². The van der Waals surface area contributed by atoms with E-state index in [1.54, 1.807) is 23.1 Å². The molecule has 1 aliphatic heterocycles. The first-order valence-corrected chi connectivity index (χ1v) is 11.1. The van der Waals surface area contributed by atoms with E-state index in [2.05, 4.69) is 25.0 Å². The van der Waals surface area contributed by atoms with Crippen LogP contribution in [-0.2, 0) is 16.0 Å². The normalized spacial score (nSPS) is 15.1. The van der Waals surface area contributed by atoms with Crippen molar-refractivity contribution >= 4 is 28.7 Å². The Hall–Kier alpha value is -4.28. The van der Waals surface area contributed by atoms with E-state index in [0.717, 1.165) is 0 Å². The van der Waals surface area contributed by atoms with Crippen molar-refractivity contribution in [2.24, 2.45) is 0 Å². The molecule has 2 N–H and O–H groups in total. The summed E-state index contributed by atoms with van der Waals surface area (Å²) in [7, 11) is 2.78. The van der Waals surface area contributed by atoms with Crippen molar-refractivity contribution in [3.05, 3.63) is 64.0 Å². The molecule has 0 unspecified atom stereocenters. The van der Waals surface area contributed by atoms with Crippen LogP contribution in [0, 0.1) is 0 Å². The predicted octanol–water partition coefficient (Wildman–Crippen LogP) is 1.08. The smallest absolute Gasteiger partial charge is 0.339 e. The number of methoxy groups -OCH3 is 2. The third-order valence-corrected chi connectivity index (χ3v) is 5.84. The van der Waals surface area contributed by atoms with Gasteiger partial charge in [-0.3, -0.25) is 19.4 Å². The van der Waals surface area contributed by atoms with E-state index in [-0.39, 0.29) is 47.5 Å². The second-order valence-corrected chi connectivity index (χ2v) is 8.09. The number of pyridine rings is 1. The summed E-state index contributed by atoms with van der Waals surface area (Å²) in [5, 5.41) is 3.29. The first-order valence-electron chi connectivity index (χ1n) is 11.1. The molecule has 3 heterocycles. The molecular formula is C24H25N5O6. The number of amides is 2. The van der Waals surface area contributed by atoms with Crippen molar-refractivity contribution < 1.29 is 23.9 Å². The second kappa shape index (κ2) is 10.3. The molecule has 1 fully saturated rings. The number of carbonyl (C=O) groups is 3. The maximum Gasteiger partial charge on any atom is 0.339 e. The Balaban J connectivity index is 1.32. The van der Waals surface area contributed by atoms with E-state index >= 15 is 0 Å². The van der Waals surface area contributed by atoms with Crippen LogP contribution in [-0.4, -0.2) is 71.0 Å². The third kappa shape index (κ3) is 5.29. The summed E-state index contributed by atoms with van der Waals surface area (Å²) in [5.41, 5.74) is 0.596. The summed E-state index contributed by atoms with van der Waals surface area (Å²) >= 11 is 0. The Bertz CT molecular complexity index is 1320. The number of aromatic nitrogens is 3. The average molecular weight is 479 g/mol. The molecule has 2 amide bonds. The number of ether oxygens (including phenoxy) is 2. The minimum Gasteiger partial charge on any atom is -0.494 e. The molecule has 1 aliphatic rings. The van der Waals surface area contributed by atoms with Gasteiger partial charge in [0.2, 0.25) is 5.91 Å². The zero-order chi connectivity index (χ0) is 24.9. The number of nitrogens with zero attached hydrogens (tertiary/aromatic N) is 3. The van der Waals surface area contributed by atoms with Crippen LogP contribution in [0.5, 0.6) is 5.75 Å². The average Bonchev–Trinajstić information content (AvgIpc) is 3.35. The standard InChI is InChI=1S/C24H25N5O6/c1-34-18-5-3-4-16-21(18)27-19(28-22(16)31)8-9-20(30)29-11-10-15(13-29)26-23(32)17-7-6-14(12-25-17)24(33)35-2/h3-7,12,15H,8-11,13H2,1-2H3,(H,26,32)(H,27,28,31)/t15-/m1/s1. The molecule has 0 bridgehead atoms. The van der Waals surface area contributed by atoms with Gasteiger partial charge in [-0.2, -0.15) is 0 Å². The minimum absolute atomic E-state index is 0.0925. The second-order valence-electron chi connectivity index (χ2n) is 8.09. The summed E-state index contributed by atoms with van der Waals surface area (Å²) in [6.45, 7) is 0.883. The van der Waals surface area contributed by atoms with Gasteiger partial charge in [-0.05, 0) is 30.7 Å². The Morgan fingerprint density at radius 2 is 2.03 bits per heavy atom. The molecule has 1 saturated heterocycles. The van der Waals surface area contributed by atoms with Gasteiger partial charge in [-0.1, -0.05) is 6.07 Å². The van der Waals surface area contributed by atoms with Crippen LogP contribution >= 0.6 is 0 Å². The first-order chi connectivity index (χ1) is 16.9. The van der Waals surface area contributed by atoms with E-state index < -0.39 is 5.97 Å². The number of nitrogens with one attached hydrogen (secondary N) is 2. The van der Waals surface area contributed by atoms with Crippen molar-refractivity contribution in [2.45, 2.75) is 25.3 Å². The molecular weight excluding hydrogens is 454 g/mol. The van der Waals surface area contributed by atoms with Crippen LogP contribution in [0.4, 0.5) is 0 Å². The molecule has 0 saturated carbocycles. The number of likely N-dealkylation sites (tertiary alicyclic amines) is 1. The highest BCUT2D eigenvalue weighted by Gasteiger charge is 2.28. The summed E-state index contributed by atoms with van der Waals surface area (Å²) < 4.78 is 9.91. The number of aromatic amines is 1. The summed E-state index contributed by atoms with van der Waals surface area (Å²) in [6, 6.07) is 7.82. The van der Waals surface area contributed by atoms with Gasteiger partial charge in [0.25, 0.3) is 11.5 Å². The molecule has 1 atom stereocenters. The van der Waals surface area contributed by atoms with Crippen LogP contribution < -0.4 is 15.6 Å². The molecule has 3 aromatic rings. The van der Waals surface area contributed by atoms with Crippen LogP contribution in [0.2, 0.25) is 0 Å². The third-order valence-electron chi connectivity index (χ3n) is 5.84. The quantitative estimate of drug-likeness (QED) is 0.479. The van der Waals surface area contributed by atoms with Gasteiger partial charge in [0.1, 0.15) is 22.8 Å². The lowest BCUT2D eigenvalue weighted by molar-refractivity contribution is -0.130. The highest BCUT2D eigenvalue weighted by Crippen LogP contribution is 2.21. The zero-order valence-corrected chi connectivity index (χ0v) is 19.4. The fraction of sp³-hybridized carbons (Fsp3) is 0.333. The van der Waals surface area contributed by atoms with Gasteiger partial charge in [0.05, 0.1) is 25.2 Å². The van der Waals surface area contributed by atoms with Crippen LogP contribution in [0.3, 0.4) is 0 Å². The number of fused-ring (bicyclic) bond motifs is 1. The highest BCUT2D eigenvalue weighted by atomic mass is 16.5. The number of carbonyl (C=O) groups excluding carboxylic acids is 3. The number of aryl methyl sites for hydroxylation is 1. The molecule has 35 heavy (non-hydrogen) atoms. The lowest BCUT2D eigenvalue weighted by atomic mass is 10.2. The molecule has 11 nitrogen and oxygen atoms in total. The predicted molar refractivity (Wildman–Crippen MR) is 125 cm³/mol. The number of hydrogen-bond donors (Lipinski definition) is 2. The van der Waals surface area contributed by atoms with Crippen LogP contribution in [0.25, 0.3) is 10.9 Å². The fourth-order valence-electron chi connectivity index (χ4n) is 3.98. The SMILES string of the molecule is COC(=O)c1ccc(C(=O)N[C@@H]2CCN(C(=O)CCc3nc4c(OC)cccc4c(=O)[nH]3)C2)nc1. The van der Waals surface area contributed by atoms with Crippen LogP contribution in [0.15, 0.2) is 41.3 Å². The van der Waals surface area contributed by atoms with Gasteiger partial charge in [-0.25, -0.2) is 9.78 Å². The Kier molecular flexibility index (Phi) is 7.04. The zero-order valence-electron chi connectivity index (χ0n) is 19.4. The summed E-state index contributed by atoms with van der Waals surface area (Å²) in [4.78, 5) is 62.0. The first kappa shape index (κ1) is 23.9. The largest absolute Gasteiger partial charge is 0.494 e. The molecule has 0 aliphatic carbocycles. The van der Waals surface area contributed by atoms with Crippen LogP contribution in [0.1, 0.15) is 39.5 Å². The van der Waals surface area contributed by atoms with Crippen molar-refractivity contribution in [3.8, 4) is 5.75 Å². The molecule has 182 valence electrons. The van der Waals surface area contributed by atoms with Gasteiger partial charge >= 0.3 is 5.97 Å². The number of esters is 1. The molecule has 0 spiro atoms. The number of H-pyrrole nitrogens is 1. The maximum absolute atomic E-state index is 12.7.